The Morgan fingerprint density at radius 1 is 0.578 bits per heavy atom. The third-order valence-corrected chi connectivity index (χ3v) is 11.0. The van der Waals surface area contributed by atoms with Gasteiger partial charge in [0.15, 0.2) is 5.71 Å². The fourth-order valence-corrected chi connectivity index (χ4v) is 7.49. The second-order valence-corrected chi connectivity index (χ2v) is 16.4. The van der Waals surface area contributed by atoms with E-state index in [0.29, 0.717) is 132 Å². The van der Waals surface area contributed by atoms with E-state index in [1.807, 2.05) is 12.1 Å². The van der Waals surface area contributed by atoms with Gasteiger partial charge in [-0.1, -0.05) is 32.1 Å². The van der Waals surface area contributed by atoms with Crippen LogP contribution in [0.25, 0.3) is 0 Å². The normalized spacial score (nSPS) is 15.9. The van der Waals surface area contributed by atoms with Gasteiger partial charge in [0.05, 0.1) is 118 Å². The van der Waals surface area contributed by atoms with Crippen LogP contribution in [-0.4, -0.2) is 163 Å². The average molecular weight is 896 g/mol. The van der Waals surface area contributed by atoms with Crippen molar-refractivity contribution < 1.29 is 61.5 Å². The van der Waals surface area contributed by atoms with Crippen LogP contribution < -0.4 is 14.4 Å². The molecule has 14 nitrogen and oxygen atoms in total. The smallest absolute Gasteiger partial charge is 0.209 e. The van der Waals surface area contributed by atoms with Crippen LogP contribution in [0.4, 0.5) is 11.4 Å². The molecule has 64 heavy (non-hydrogen) atoms. The zero-order valence-corrected chi connectivity index (χ0v) is 39.8. The molecule has 2 aromatic carbocycles. The van der Waals surface area contributed by atoms with Crippen molar-refractivity contribution in [3.8, 4) is 11.5 Å². The van der Waals surface area contributed by atoms with E-state index >= 15 is 0 Å². The Morgan fingerprint density at radius 2 is 1.03 bits per heavy atom. The third-order valence-electron chi connectivity index (χ3n) is 11.0. The Balaban J connectivity index is 1.12. The Morgan fingerprint density at radius 3 is 1.53 bits per heavy atom. The number of methoxy groups -OCH3 is 1. The molecule has 4 rings (SSSR count). The molecule has 0 saturated carbocycles. The molecule has 0 atom stereocenters. The Labute approximate surface area is 382 Å². The zero-order chi connectivity index (χ0) is 46.0. The minimum absolute atomic E-state index is 0.125. The van der Waals surface area contributed by atoms with Gasteiger partial charge in [-0.3, -0.25) is 4.79 Å². The van der Waals surface area contributed by atoms with E-state index in [4.69, 9.17) is 52.1 Å². The van der Waals surface area contributed by atoms with Gasteiger partial charge in [-0.05, 0) is 62.7 Å². The lowest BCUT2D eigenvalue weighted by Crippen LogP contribution is -2.26. The predicted molar refractivity (Wildman–Crippen MR) is 249 cm³/mol. The lowest BCUT2D eigenvalue weighted by Gasteiger charge is -2.23. The van der Waals surface area contributed by atoms with Crippen LogP contribution >= 0.6 is 0 Å². The average Bonchev–Trinajstić information content (AvgIpc) is 3.58. The Bertz CT molecular complexity index is 1820. The first-order valence-electron chi connectivity index (χ1n) is 22.5. The summed E-state index contributed by atoms with van der Waals surface area (Å²) in [6.07, 6.45) is 11.2. The lowest BCUT2D eigenvalue weighted by atomic mass is 9.81. The fourth-order valence-electron chi connectivity index (χ4n) is 7.49. The number of ether oxygens (including phenoxy) is 11. The highest BCUT2D eigenvalue weighted by atomic mass is 16.6. The molecule has 0 aliphatic carbocycles. The van der Waals surface area contributed by atoms with Crippen LogP contribution in [-0.2, 0) is 58.3 Å². The minimum atomic E-state index is -0.210. The van der Waals surface area contributed by atoms with Gasteiger partial charge >= 0.3 is 0 Å². The maximum atomic E-state index is 10.9. The number of benzene rings is 2. The van der Waals surface area contributed by atoms with E-state index in [1.54, 1.807) is 14.0 Å². The van der Waals surface area contributed by atoms with Crippen molar-refractivity contribution >= 4 is 22.9 Å². The topological polar surface area (TPSA) is 125 Å². The molecule has 0 N–H and O–H groups in total. The number of nitrogens with zero attached hydrogens (tertiary/aromatic N) is 2. The van der Waals surface area contributed by atoms with Crippen LogP contribution in [0.3, 0.4) is 0 Å². The molecule has 0 radical (unpaired) electrons. The van der Waals surface area contributed by atoms with Crippen LogP contribution in [0.5, 0.6) is 11.5 Å². The van der Waals surface area contributed by atoms with Crippen molar-refractivity contribution in [1.29, 1.82) is 0 Å². The number of carbonyl (C=O) groups is 1. The largest absolute Gasteiger partial charge is 0.491 e. The van der Waals surface area contributed by atoms with Gasteiger partial charge in [0.2, 0.25) is 5.69 Å². The van der Waals surface area contributed by atoms with E-state index in [0.717, 1.165) is 11.5 Å². The molecule has 0 fully saturated rings. The number of carbonyl (C=O) groups excluding carboxylic acids is 1. The molecule has 0 saturated heterocycles. The van der Waals surface area contributed by atoms with Crippen LogP contribution in [0.2, 0.25) is 0 Å². The highest BCUT2D eigenvalue weighted by Crippen LogP contribution is 2.48. The second kappa shape index (κ2) is 28.8. The molecular formula is C50H75N2O12+. The molecule has 0 spiro atoms. The molecule has 0 unspecified atom stereocenters. The first-order valence-corrected chi connectivity index (χ1v) is 22.5. The summed E-state index contributed by atoms with van der Waals surface area (Å²) in [6.45, 7) is 20.0. The standard InChI is InChI=1S/C50H75N2O12/c1-40(53)18-19-55-22-23-57-26-27-59-28-29-60-31-33-62-35-37-64-42-15-17-46-44(39-42)50(4,5)48(52(46)7)13-11-9-10-12-47-49(2,3)43-38-41(14-16-45(43)51(47)6)63-36-34-61-32-30-58-25-24-56-21-20-54-8/h9-17,38-39H,18-37H2,1-8H3/q+1. The maximum absolute atomic E-state index is 10.9. The summed E-state index contributed by atoms with van der Waals surface area (Å²) >= 11 is 0. The molecule has 2 aromatic rings. The van der Waals surface area contributed by atoms with Crippen molar-refractivity contribution in [2.24, 2.45) is 0 Å². The highest BCUT2D eigenvalue weighted by Gasteiger charge is 2.43. The van der Waals surface area contributed by atoms with Crippen molar-refractivity contribution in [3.05, 3.63) is 83.6 Å². The number of allylic oxidation sites excluding steroid dienone is 6. The quantitative estimate of drug-likeness (QED) is 0.0418. The van der Waals surface area contributed by atoms with Crippen molar-refractivity contribution in [2.75, 3.05) is 152 Å². The number of rotatable bonds is 35. The Hall–Kier alpha value is -3.96. The summed E-state index contributed by atoms with van der Waals surface area (Å²) < 4.78 is 63.6. The van der Waals surface area contributed by atoms with Crippen LogP contribution in [0.15, 0.2) is 72.5 Å². The van der Waals surface area contributed by atoms with Crippen molar-refractivity contribution in [1.82, 2.24) is 0 Å². The zero-order valence-electron chi connectivity index (χ0n) is 39.8. The first-order chi connectivity index (χ1) is 31.0. The maximum Gasteiger partial charge on any atom is 0.209 e. The van der Waals surface area contributed by atoms with Gasteiger partial charge < -0.3 is 57.0 Å². The molecule has 356 valence electrons. The first kappa shape index (κ1) is 52.7. The number of likely N-dealkylation sites (N-methyl/N-ethyl adjacent to an activating group) is 1. The van der Waals surface area contributed by atoms with Crippen LogP contribution in [0, 0.1) is 0 Å². The van der Waals surface area contributed by atoms with Crippen molar-refractivity contribution in [2.45, 2.75) is 51.9 Å². The van der Waals surface area contributed by atoms with Gasteiger partial charge in [-0.25, -0.2) is 0 Å². The summed E-state index contributed by atoms with van der Waals surface area (Å²) in [5.74, 6) is 1.78. The summed E-state index contributed by atoms with van der Waals surface area (Å²) in [7, 11) is 5.90. The van der Waals surface area contributed by atoms with Gasteiger partial charge in [0.1, 0.15) is 37.5 Å². The SMILES string of the molecule is COCCOCCOCCOCCOc1ccc2c(c1)C(C)(C)C(\C=C/C=C\C=C1\N(C)c3ccc(OCCOCCOCCOCCOCCOCCC(C)=O)cc3C1(C)C)=[N+]2C. The van der Waals surface area contributed by atoms with E-state index < -0.39 is 0 Å². The summed E-state index contributed by atoms with van der Waals surface area (Å²) in [4.78, 5) is 13.1. The summed E-state index contributed by atoms with van der Waals surface area (Å²) in [5.41, 5.74) is 6.81. The molecule has 0 amide bonds. The molecule has 14 heteroatoms. The number of anilines is 1. The van der Waals surface area contributed by atoms with Gasteiger partial charge in [0, 0.05) is 55.1 Å². The second-order valence-electron chi connectivity index (χ2n) is 16.4. The van der Waals surface area contributed by atoms with Gasteiger partial charge in [-0.2, -0.15) is 4.58 Å². The van der Waals surface area contributed by atoms with Crippen LogP contribution in [0.1, 0.15) is 52.2 Å². The van der Waals surface area contributed by atoms with Crippen molar-refractivity contribution in [3.63, 3.8) is 0 Å². The fraction of sp³-hybridized carbons (Fsp3) is 0.600. The van der Waals surface area contributed by atoms with E-state index in [1.165, 1.54) is 33.9 Å². The monoisotopic (exact) mass is 896 g/mol. The number of ketones is 1. The molecule has 2 aliphatic rings. The number of fused-ring (bicyclic) bond motifs is 2. The molecule has 0 aromatic heterocycles. The molecule has 2 aliphatic heterocycles. The minimum Gasteiger partial charge on any atom is -0.491 e. The van der Waals surface area contributed by atoms with E-state index in [2.05, 4.69) is 106 Å². The van der Waals surface area contributed by atoms with E-state index in [-0.39, 0.29) is 16.6 Å². The molecule has 0 bridgehead atoms. The van der Waals surface area contributed by atoms with Gasteiger partial charge in [-0.15, -0.1) is 0 Å². The predicted octanol–water partition coefficient (Wildman–Crippen LogP) is 6.63. The number of hydrogen-bond acceptors (Lipinski definition) is 13. The number of Topliss-reactive ketones (excluding diaryl/α,β-unsaturated/α-hetero) is 1. The number of hydrogen-bond donors (Lipinski definition) is 0. The molecule has 2 heterocycles. The Kier molecular flexibility index (Phi) is 23.7. The van der Waals surface area contributed by atoms with E-state index in [9.17, 15) is 4.79 Å². The van der Waals surface area contributed by atoms with Gasteiger partial charge in [0.25, 0.3) is 0 Å². The molecular weight excluding hydrogens is 821 g/mol. The third kappa shape index (κ3) is 17.1. The highest BCUT2D eigenvalue weighted by molar-refractivity contribution is 6.03. The summed E-state index contributed by atoms with van der Waals surface area (Å²) in [6, 6.07) is 12.6. The lowest BCUT2D eigenvalue weighted by molar-refractivity contribution is -0.401. The summed E-state index contributed by atoms with van der Waals surface area (Å²) in [5, 5.41) is 0.